The Morgan fingerprint density at radius 2 is 0.881 bits per heavy atom. The van der Waals surface area contributed by atoms with Gasteiger partial charge in [0.2, 0.25) is 20.0 Å². The first-order valence-corrected chi connectivity index (χ1v) is 17.1. The number of fused-ring (bicyclic) bond motifs is 7. The molecule has 4 atom stereocenters. The van der Waals surface area contributed by atoms with Crippen LogP contribution in [0.5, 0.6) is 0 Å². The van der Waals surface area contributed by atoms with Crippen molar-refractivity contribution in [2.45, 2.75) is 45.8 Å². The van der Waals surface area contributed by atoms with Crippen LogP contribution >= 0.6 is 0 Å². The molecule has 2 fully saturated rings. The van der Waals surface area contributed by atoms with Gasteiger partial charge >= 0.3 is 0 Å². The zero-order valence-electron chi connectivity index (χ0n) is 22.7. The molecule has 214 valence electrons. The van der Waals surface area contributed by atoms with Crippen LogP contribution in [0.3, 0.4) is 0 Å². The van der Waals surface area contributed by atoms with Crippen molar-refractivity contribution in [2.24, 2.45) is 0 Å². The number of sulfonamides is 2. The average molecular weight is 599 g/mol. The molecule has 4 aromatic rings. The summed E-state index contributed by atoms with van der Waals surface area (Å²) >= 11 is 0. The summed E-state index contributed by atoms with van der Waals surface area (Å²) in [4.78, 5) is 0.495. The van der Waals surface area contributed by atoms with Crippen molar-refractivity contribution in [1.82, 2.24) is 8.61 Å². The van der Waals surface area contributed by atoms with Gasteiger partial charge in [0.1, 0.15) is 12.3 Å². The zero-order valence-corrected chi connectivity index (χ0v) is 24.4. The molecule has 8 nitrogen and oxygen atoms in total. The summed E-state index contributed by atoms with van der Waals surface area (Å²) in [7, 11) is -7.71. The predicted molar refractivity (Wildman–Crippen MR) is 161 cm³/mol. The van der Waals surface area contributed by atoms with E-state index in [9.17, 15) is 16.8 Å². The highest BCUT2D eigenvalue weighted by Crippen LogP contribution is 2.67. The number of nitrogens with one attached hydrogen (secondary N) is 2. The molecule has 4 aromatic carbocycles. The van der Waals surface area contributed by atoms with Crippen LogP contribution in [0.4, 0.5) is 11.4 Å². The molecule has 4 heterocycles. The Balaban J connectivity index is 1.35. The fourth-order valence-corrected chi connectivity index (χ4v) is 11.5. The van der Waals surface area contributed by atoms with Gasteiger partial charge in [0.15, 0.2) is 0 Å². The molecule has 2 N–H and O–H groups in total. The van der Waals surface area contributed by atoms with E-state index in [2.05, 4.69) is 22.8 Å². The van der Waals surface area contributed by atoms with E-state index in [1.54, 1.807) is 57.1 Å². The van der Waals surface area contributed by atoms with E-state index in [1.165, 1.54) is 0 Å². The number of hydrogen-bond acceptors (Lipinski definition) is 6. The van der Waals surface area contributed by atoms with Crippen molar-refractivity contribution in [3.05, 3.63) is 120 Å². The topological polar surface area (TPSA) is 98.8 Å². The molecule has 0 aromatic heterocycles. The Morgan fingerprint density at radius 3 is 1.29 bits per heavy atom. The van der Waals surface area contributed by atoms with E-state index in [1.807, 2.05) is 48.5 Å². The molecule has 4 aliphatic rings. The lowest BCUT2D eigenvalue weighted by atomic mass is 9.55. The van der Waals surface area contributed by atoms with Crippen molar-refractivity contribution in [1.29, 1.82) is 0 Å². The monoisotopic (exact) mass is 598 g/mol. The highest BCUT2D eigenvalue weighted by atomic mass is 32.2. The number of benzene rings is 4. The molecule has 0 amide bonds. The molecule has 2 saturated heterocycles. The number of rotatable bonds is 5. The molecule has 0 aliphatic carbocycles. The quantitative estimate of drug-likeness (QED) is 0.350. The predicted octanol–water partition coefficient (Wildman–Crippen LogP) is 4.55. The van der Waals surface area contributed by atoms with Crippen molar-refractivity contribution in [3.63, 3.8) is 0 Å². The van der Waals surface area contributed by atoms with Gasteiger partial charge in [0.25, 0.3) is 0 Å². The van der Waals surface area contributed by atoms with Crippen LogP contribution in [0.2, 0.25) is 0 Å². The maximum absolute atomic E-state index is 14.2. The van der Waals surface area contributed by atoms with Gasteiger partial charge in [-0.05, 0) is 60.4 Å². The Kier molecular flexibility index (Phi) is 5.50. The van der Waals surface area contributed by atoms with E-state index in [-0.39, 0.29) is 9.79 Å². The van der Waals surface area contributed by atoms with E-state index >= 15 is 0 Å². The van der Waals surface area contributed by atoms with E-state index in [0.717, 1.165) is 22.5 Å². The van der Waals surface area contributed by atoms with Gasteiger partial charge in [-0.15, -0.1) is 0 Å². The molecular formula is C32H30N4O4S2. The van der Waals surface area contributed by atoms with Gasteiger partial charge in [-0.25, -0.2) is 16.8 Å². The molecule has 42 heavy (non-hydrogen) atoms. The number of hydrogen-bond donors (Lipinski definition) is 2. The number of anilines is 2. The zero-order chi connectivity index (χ0) is 28.7. The molecule has 0 radical (unpaired) electrons. The van der Waals surface area contributed by atoms with Gasteiger partial charge in [-0.2, -0.15) is 8.61 Å². The Morgan fingerprint density at radius 1 is 0.524 bits per heavy atom. The van der Waals surface area contributed by atoms with E-state index in [4.69, 9.17) is 0 Å². The van der Waals surface area contributed by atoms with Gasteiger partial charge in [-0.3, -0.25) is 0 Å². The van der Waals surface area contributed by atoms with E-state index in [0.29, 0.717) is 25.9 Å². The average Bonchev–Trinajstić information content (AvgIpc) is 3.75. The van der Waals surface area contributed by atoms with Gasteiger partial charge < -0.3 is 10.6 Å². The van der Waals surface area contributed by atoms with Crippen LogP contribution in [0.1, 0.15) is 24.0 Å². The minimum absolute atomic E-state index is 0.247. The molecule has 0 saturated carbocycles. The maximum atomic E-state index is 14.2. The SMILES string of the molecule is O=S(=O)(c1ccccc1)N1CC[C@@]2([C@@]34CCN(S(=O)(=O)c5ccccc5)[C@@H]3Nc3ccccc34)c3ccccc3N[C@@H]12. The third-order valence-corrected chi connectivity index (χ3v) is 13.6. The minimum Gasteiger partial charge on any atom is -0.368 e. The third kappa shape index (κ3) is 3.18. The molecule has 4 aliphatic heterocycles. The highest BCUT2D eigenvalue weighted by Gasteiger charge is 2.74. The lowest BCUT2D eigenvalue weighted by Crippen LogP contribution is -2.61. The molecule has 0 unspecified atom stereocenters. The molecule has 0 spiro atoms. The Bertz CT molecular complexity index is 1780. The fraction of sp³-hybridized carbons (Fsp3) is 0.250. The Hall–Kier alpha value is -3.70. The number of para-hydroxylation sites is 2. The fourth-order valence-electron chi connectivity index (χ4n) is 8.23. The standard InChI is InChI=1S/C32H30N4O4S2/c37-41(38,23-11-3-1-4-12-23)35-21-19-31(25-15-7-9-17-27(25)33-29(31)35)32-20-22-36(42(39,40)24-13-5-2-6-14-24)30(32)34-28-18-10-8-16-26(28)32/h1-18,29-30,33-34H,19-22H2/t29-,30-,31+,32+/m0/s1. The van der Waals surface area contributed by atoms with Crippen LogP contribution in [0, 0.1) is 0 Å². The van der Waals surface area contributed by atoms with Crippen LogP contribution in [0.15, 0.2) is 119 Å². The Labute approximate surface area is 246 Å². The lowest BCUT2D eigenvalue weighted by Gasteiger charge is -2.48. The number of nitrogens with zero attached hydrogens (tertiary/aromatic N) is 2. The highest BCUT2D eigenvalue weighted by molar-refractivity contribution is 7.89. The van der Waals surface area contributed by atoms with Crippen LogP contribution < -0.4 is 10.6 Å². The second-order valence-corrected chi connectivity index (χ2v) is 15.3. The van der Waals surface area contributed by atoms with Crippen LogP contribution in [-0.2, 0) is 30.9 Å². The van der Waals surface area contributed by atoms with Crippen LogP contribution in [-0.4, -0.2) is 50.9 Å². The van der Waals surface area contributed by atoms with Gasteiger partial charge in [0.05, 0.1) is 9.79 Å². The van der Waals surface area contributed by atoms with Crippen molar-refractivity contribution in [2.75, 3.05) is 23.7 Å². The summed E-state index contributed by atoms with van der Waals surface area (Å²) < 4.78 is 60.0. The first-order chi connectivity index (χ1) is 20.3. The second-order valence-electron chi connectivity index (χ2n) is 11.5. The first-order valence-electron chi connectivity index (χ1n) is 14.2. The normalized spacial score (nSPS) is 28.4. The van der Waals surface area contributed by atoms with Crippen molar-refractivity contribution in [3.8, 4) is 0 Å². The molecule has 8 rings (SSSR count). The second kappa shape index (κ2) is 8.90. The summed E-state index contributed by atoms with van der Waals surface area (Å²) in [6.45, 7) is 0.622. The molecule has 10 heteroatoms. The first kappa shape index (κ1) is 26.0. The maximum Gasteiger partial charge on any atom is 0.244 e. The largest absolute Gasteiger partial charge is 0.368 e. The van der Waals surface area contributed by atoms with Crippen molar-refractivity contribution >= 4 is 31.4 Å². The summed E-state index contributed by atoms with van der Waals surface area (Å²) in [5.74, 6) is 0. The smallest absolute Gasteiger partial charge is 0.244 e. The molecular weight excluding hydrogens is 569 g/mol. The van der Waals surface area contributed by atoms with Gasteiger partial charge in [0, 0.05) is 35.3 Å². The summed E-state index contributed by atoms with van der Waals surface area (Å²) in [6, 6.07) is 33.2. The summed E-state index contributed by atoms with van der Waals surface area (Å²) in [5.41, 5.74) is 2.36. The van der Waals surface area contributed by atoms with E-state index < -0.39 is 43.2 Å². The minimum atomic E-state index is -3.85. The van der Waals surface area contributed by atoms with Crippen molar-refractivity contribution < 1.29 is 16.8 Å². The van der Waals surface area contributed by atoms with Crippen LogP contribution in [0.25, 0.3) is 0 Å². The summed E-state index contributed by atoms with van der Waals surface area (Å²) in [6.07, 6.45) is -0.122. The third-order valence-electron chi connectivity index (χ3n) is 9.86. The van der Waals surface area contributed by atoms with Gasteiger partial charge in [-0.1, -0.05) is 72.8 Å². The molecule has 0 bridgehead atoms. The lowest BCUT2D eigenvalue weighted by molar-refractivity contribution is 0.172. The summed E-state index contributed by atoms with van der Waals surface area (Å²) in [5, 5.41) is 7.23.